The maximum absolute atomic E-state index is 12.9. The monoisotopic (exact) mass is 342 g/mol. The third kappa shape index (κ3) is 3.65. The minimum absolute atomic E-state index is 0.198. The van der Waals surface area contributed by atoms with Crippen LogP contribution >= 0.6 is 11.8 Å². The summed E-state index contributed by atoms with van der Waals surface area (Å²) in [7, 11) is 1.62. The molecular weight excluding hydrogens is 327 g/mol. The normalized spacial score (nSPS) is 17.4. The first-order valence-corrected chi connectivity index (χ1v) is 8.06. The number of aliphatic imine (C=N–C) groups is 1. The molecule has 0 aromatic heterocycles. The van der Waals surface area contributed by atoms with Crippen molar-refractivity contribution >= 4 is 34.6 Å². The van der Waals surface area contributed by atoms with Crippen molar-refractivity contribution in [1.29, 1.82) is 0 Å². The molecule has 1 aliphatic rings. The van der Waals surface area contributed by atoms with Crippen LogP contribution in [0.2, 0.25) is 0 Å². The number of methoxy groups -OCH3 is 1. The van der Waals surface area contributed by atoms with Crippen LogP contribution in [0.3, 0.4) is 0 Å². The van der Waals surface area contributed by atoms with E-state index in [1.807, 2.05) is 31.2 Å². The van der Waals surface area contributed by atoms with Crippen LogP contribution < -0.4 is 10.1 Å². The Morgan fingerprint density at radius 1 is 1.21 bits per heavy atom. The Labute approximate surface area is 143 Å². The van der Waals surface area contributed by atoms with E-state index in [-0.39, 0.29) is 11.7 Å². The van der Waals surface area contributed by atoms with E-state index < -0.39 is 0 Å². The zero-order chi connectivity index (χ0) is 17.1. The summed E-state index contributed by atoms with van der Waals surface area (Å²) in [5, 5.41) is 3.19. The zero-order valence-corrected chi connectivity index (χ0v) is 14.0. The molecule has 6 heteroatoms. The number of thioether (sulfide) groups is 1. The van der Waals surface area contributed by atoms with Gasteiger partial charge in [-0.3, -0.25) is 4.79 Å². The number of halogens is 1. The number of carbonyl (C=O) groups excluding carboxylic acids is 1. The van der Waals surface area contributed by atoms with E-state index >= 15 is 0 Å². The first-order chi connectivity index (χ1) is 11.5. The first kappa shape index (κ1) is 16.3. The molecule has 2 aromatic rings. The summed E-state index contributed by atoms with van der Waals surface area (Å²) in [5.74, 6) is 0.255. The Kier molecular flexibility index (Phi) is 4.66. The van der Waals surface area contributed by atoms with Gasteiger partial charge in [0.15, 0.2) is 5.17 Å². The molecule has 24 heavy (non-hydrogen) atoms. The molecule has 2 aromatic carbocycles. The van der Waals surface area contributed by atoms with E-state index in [4.69, 9.17) is 4.74 Å². The number of hydrogen-bond donors (Lipinski definition) is 1. The molecule has 0 saturated carbocycles. The zero-order valence-electron chi connectivity index (χ0n) is 13.2. The number of benzene rings is 2. The molecule has 0 aliphatic carbocycles. The van der Waals surface area contributed by atoms with Gasteiger partial charge in [-0.25, -0.2) is 9.38 Å². The van der Waals surface area contributed by atoms with Gasteiger partial charge in [0.2, 0.25) is 0 Å². The number of amides is 1. The third-order valence-electron chi connectivity index (χ3n) is 3.47. The van der Waals surface area contributed by atoms with Crippen LogP contribution in [0.25, 0.3) is 6.08 Å². The van der Waals surface area contributed by atoms with Gasteiger partial charge in [0, 0.05) is 0 Å². The summed E-state index contributed by atoms with van der Waals surface area (Å²) in [6, 6.07) is 11.5. The second-order valence-electron chi connectivity index (χ2n) is 5.18. The van der Waals surface area contributed by atoms with Gasteiger partial charge in [-0.15, -0.1) is 0 Å². The van der Waals surface area contributed by atoms with Crippen molar-refractivity contribution < 1.29 is 13.9 Å². The fourth-order valence-corrected chi connectivity index (χ4v) is 3.02. The third-order valence-corrected chi connectivity index (χ3v) is 4.38. The highest BCUT2D eigenvalue weighted by atomic mass is 32.2. The van der Waals surface area contributed by atoms with Gasteiger partial charge in [0.1, 0.15) is 11.6 Å². The quantitative estimate of drug-likeness (QED) is 0.857. The molecule has 0 unspecified atom stereocenters. The summed E-state index contributed by atoms with van der Waals surface area (Å²) in [4.78, 5) is 17.0. The summed E-state index contributed by atoms with van der Waals surface area (Å²) in [6.45, 7) is 1.96. The van der Waals surface area contributed by atoms with E-state index in [1.54, 1.807) is 19.2 Å². The first-order valence-electron chi connectivity index (χ1n) is 7.25. The highest BCUT2D eigenvalue weighted by Crippen LogP contribution is 2.29. The molecule has 0 spiro atoms. The molecule has 1 saturated heterocycles. The van der Waals surface area contributed by atoms with Gasteiger partial charge < -0.3 is 10.1 Å². The summed E-state index contributed by atoms with van der Waals surface area (Å²) in [6.07, 6.45) is 1.82. The Morgan fingerprint density at radius 2 is 1.96 bits per heavy atom. The van der Waals surface area contributed by atoms with Crippen LogP contribution in [0.4, 0.5) is 10.1 Å². The van der Waals surface area contributed by atoms with Gasteiger partial charge >= 0.3 is 0 Å². The summed E-state index contributed by atoms with van der Waals surface area (Å²) in [5.41, 5.74) is 2.54. The highest BCUT2D eigenvalue weighted by molar-refractivity contribution is 8.18. The largest absolute Gasteiger partial charge is 0.497 e. The molecule has 1 amide bonds. The lowest BCUT2D eigenvalue weighted by Crippen LogP contribution is -2.19. The predicted octanol–water partition coefficient (Wildman–Crippen LogP) is 4.03. The fraction of sp³-hybridized carbons (Fsp3) is 0.111. The SMILES string of the molecule is COc1ccc(/C=C2/SC(=Nc3ccc(F)cc3)NC2=O)c(C)c1. The number of amidine groups is 1. The minimum atomic E-state index is -0.322. The van der Waals surface area contributed by atoms with E-state index in [0.717, 1.165) is 16.9 Å². The van der Waals surface area contributed by atoms with Gasteiger partial charge in [-0.1, -0.05) is 6.07 Å². The smallest absolute Gasteiger partial charge is 0.264 e. The van der Waals surface area contributed by atoms with Crippen molar-refractivity contribution in [2.45, 2.75) is 6.92 Å². The minimum Gasteiger partial charge on any atom is -0.497 e. The number of nitrogens with zero attached hydrogens (tertiary/aromatic N) is 1. The van der Waals surface area contributed by atoms with E-state index in [9.17, 15) is 9.18 Å². The topological polar surface area (TPSA) is 50.7 Å². The highest BCUT2D eigenvalue weighted by Gasteiger charge is 2.24. The predicted molar refractivity (Wildman–Crippen MR) is 94.9 cm³/mol. The number of aryl methyl sites for hydroxylation is 1. The van der Waals surface area contributed by atoms with E-state index in [0.29, 0.717) is 15.8 Å². The summed E-state index contributed by atoms with van der Waals surface area (Å²) < 4.78 is 18.1. The maximum atomic E-state index is 12.9. The molecule has 0 radical (unpaired) electrons. The van der Waals surface area contributed by atoms with Gasteiger partial charge in [0.05, 0.1) is 17.7 Å². The average Bonchev–Trinajstić information content (AvgIpc) is 2.91. The lowest BCUT2D eigenvalue weighted by atomic mass is 10.1. The van der Waals surface area contributed by atoms with Crippen LogP contribution in [-0.4, -0.2) is 18.2 Å². The molecule has 0 bridgehead atoms. The van der Waals surface area contributed by atoms with Crippen molar-refractivity contribution in [3.05, 3.63) is 64.3 Å². The van der Waals surface area contributed by atoms with Crippen molar-refractivity contribution in [2.24, 2.45) is 4.99 Å². The van der Waals surface area contributed by atoms with Gasteiger partial charge in [0.25, 0.3) is 5.91 Å². The van der Waals surface area contributed by atoms with Crippen molar-refractivity contribution in [1.82, 2.24) is 5.32 Å². The van der Waals surface area contributed by atoms with E-state index in [1.165, 1.54) is 23.9 Å². The second-order valence-corrected chi connectivity index (χ2v) is 6.21. The standard InChI is InChI=1S/C18H15FN2O2S/c1-11-9-15(23-2)8-3-12(11)10-16-17(22)21-18(24-16)20-14-6-4-13(19)5-7-14/h3-10H,1-2H3,(H,20,21,22)/b16-10+. The van der Waals surface area contributed by atoms with Gasteiger partial charge in [-0.05, 0) is 72.3 Å². The van der Waals surface area contributed by atoms with E-state index in [2.05, 4.69) is 10.3 Å². The maximum Gasteiger partial charge on any atom is 0.264 e. The molecule has 1 aliphatic heterocycles. The van der Waals surface area contributed by atoms with Crippen molar-refractivity contribution in [3.8, 4) is 5.75 Å². The summed E-state index contributed by atoms with van der Waals surface area (Å²) >= 11 is 1.26. The molecule has 0 atom stereocenters. The molecule has 1 N–H and O–H groups in total. The number of carbonyl (C=O) groups is 1. The Hall–Kier alpha value is -2.60. The Bertz CT molecular complexity index is 845. The van der Waals surface area contributed by atoms with Crippen LogP contribution in [0.15, 0.2) is 52.4 Å². The van der Waals surface area contributed by atoms with Crippen LogP contribution in [-0.2, 0) is 4.79 Å². The Balaban J connectivity index is 1.83. The molecule has 122 valence electrons. The molecule has 3 rings (SSSR count). The van der Waals surface area contributed by atoms with Crippen LogP contribution in [0.5, 0.6) is 5.75 Å². The van der Waals surface area contributed by atoms with Crippen molar-refractivity contribution in [3.63, 3.8) is 0 Å². The fourth-order valence-electron chi connectivity index (χ4n) is 2.19. The lowest BCUT2D eigenvalue weighted by Gasteiger charge is -2.04. The van der Waals surface area contributed by atoms with Crippen LogP contribution in [0, 0.1) is 12.7 Å². The molecular formula is C18H15FN2O2S. The number of rotatable bonds is 3. The molecule has 1 fully saturated rings. The van der Waals surface area contributed by atoms with Gasteiger partial charge in [-0.2, -0.15) is 0 Å². The van der Waals surface area contributed by atoms with Crippen molar-refractivity contribution in [2.75, 3.05) is 7.11 Å². The number of hydrogen-bond acceptors (Lipinski definition) is 4. The molecule has 1 heterocycles. The number of ether oxygens (including phenoxy) is 1. The average molecular weight is 342 g/mol. The Morgan fingerprint density at radius 3 is 2.62 bits per heavy atom. The number of nitrogens with one attached hydrogen (secondary N) is 1. The second kappa shape index (κ2) is 6.88. The van der Waals surface area contributed by atoms with Crippen LogP contribution in [0.1, 0.15) is 11.1 Å². The lowest BCUT2D eigenvalue weighted by molar-refractivity contribution is -0.115. The molecule has 4 nitrogen and oxygen atoms in total.